The van der Waals surface area contributed by atoms with Crippen molar-refractivity contribution in [3.8, 4) is 0 Å². The molecule has 0 radical (unpaired) electrons. The number of hydrogen-bond donors (Lipinski definition) is 7. The van der Waals surface area contributed by atoms with Gasteiger partial charge in [0.05, 0.1) is 17.8 Å². The van der Waals surface area contributed by atoms with Crippen LogP contribution in [-0.2, 0) is 11.2 Å². The van der Waals surface area contributed by atoms with Gasteiger partial charge in [0.25, 0.3) is 5.56 Å². The number of aryl methyl sites for hydroxylation is 1. The summed E-state index contributed by atoms with van der Waals surface area (Å²) >= 11 is 1.67. The number of piperidine rings is 1. The third kappa shape index (κ3) is 5.47. The minimum absolute atomic E-state index is 0.0638. The molecule has 224 valence electrons. The maximum atomic E-state index is 12.7. The number of aliphatic hydroxyl groups is 2. The first-order valence-corrected chi connectivity index (χ1v) is 14.8. The van der Waals surface area contributed by atoms with Crippen LogP contribution in [0.3, 0.4) is 0 Å². The molecule has 2 saturated heterocycles. The van der Waals surface area contributed by atoms with Gasteiger partial charge in [-0.05, 0) is 31.2 Å². The number of H-pyrrole nitrogens is 2. The van der Waals surface area contributed by atoms with Crippen LogP contribution in [0.15, 0.2) is 23.6 Å². The Hall–Kier alpha value is -3.93. The number of hydrogen-bond acceptors (Lipinski definition) is 12. The van der Waals surface area contributed by atoms with Crippen molar-refractivity contribution in [3.63, 3.8) is 0 Å². The summed E-state index contributed by atoms with van der Waals surface area (Å²) in [5.74, 6) is 0.786. The van der Waals surface area contributed by atoms with Crippen LogP contribution < -0.4 is 22.3 Å². The van der Waals surface area contributed by atoms with Crippen molar-refractivity contribution in [1.82, 2.24) is 44.7 Å². The van der Waals surface area contributed by atoms with Gasteiger partial charge in [-0.3, -0.25) is 14.3 Å². The largest absolute Gasteiger partial charge is 0.387 e. The number of rotatable bonds is 8. The normalized spacial score (nSPS) is 23.2. The van der Waals surface area contributed by atoms with Crippen LogP contribution in [0.2, 0.25) is 0 Å². The number of likely N-dealkylation sites (tertiary alicyclic amines) is 1. The molecule has 4 atom stereocenters. The van der Waals surface area contributed by atoms with E-state index in [4.69, 9.17) is 16.2 Å². The summed E-state index contributed by atoms with van der Waals surface area (Å²) in [5, 5.41) is 25.1. The van der Waals surface area contributed by atoms with E-state index >= 15 is 0 Å². The average molecular weight is 600 g/mol. The highest BCUT2D eigenvalue weighted by Gasteiger charge is 2.44. The first-order chi connectivity index (χ1) is 20.3. The summed E-state index contributed by atoms with van der Waals surface area (Å²) in [6.45, 7) is 1.72. The number of aromatic nitrogens is 7. The second kappa shape index (κ2) is 11.7. The predicted molar refractivity (Wildman–Crippen MR) is 156 cm³/mol. The average Bonchev–Trinajstić information content (AvgIpc) is 3.67. The van der Waals surface area contributed by atoms with Crippen LogP contribution in [-0.4, -0.2) is 105 Å². The van der Waals surface area contributed by atoms with Crippen LogP contribution in [0.4, 0.5) is 16.6 Å². The van der Waals surface area contributed by atoms with E-state index in [-0.39, 0.29) is 23.4 Å². The molecule has 2 amide bonds. The molecule has 6 heterocycles. The van der Waals surface area contributed by atoms with Crippen molar-refractivity contribution in [1.29, 1.82) is 0 Å². The van der Waals surface area contributed by atoms with Gasteiger partial charge in [-0.15, -0.1) is 0 Å². The van der Waals surface area contributed by atoms with E-state index in [2.05, 4.69) is 35.2 Å². The molecular weight excluding hydrogens is 566 g/mol. The number of aromatic amines is 2. The first-order valence-electron chi connectivity index (χ1n) is 13.7. The van der Waals surface area contributed by atoms with E-state index in [1.807, 2.05) is 0 Å². The lowest BCUT2D eigenvalue weighted by atomic mass is 10.1. The zero-order valence-corrected chi connectivity index (χ0v) is 23.5. The Bertz CT molecular complexity index is 1630. The fourth-order valence-corrected chi connectivity index (χ4v) is 6.79. The minimum atomic E-state index is -1.15. The van der Waals surface area contributed by atoms with Crippen molar-refractivity contribution < 1.29 is 19.7 Å². The van der Waals surface area contributed by atoms with Crippen LogP contribution in [0.5, 0.6) is 0 Å². The number of carbonyl (C=O) groups excluding carboxylic acids is 1. The van der Waals surface area contributed by atoms with Crippen LogP contribution >= 0.6 is 11.8 Å². The highest BCUT2D eigenvalue weighted by molar-refractivity contribution is 7.99. The molecule has 0 bridgehead atoms. The van der Waals surface area contributed by atoms with Crippen molar-refractivity contribution in [2.75, 3.05) is 36.9 Å². The van der Waals surface area contributed by atoms with E-state index in [0.29, 0.717) is 65.7 Å². The molecule has 6 rings (SSSR count). The van der Waals surface area contributed by atoms with Gasteiger partial charge in [0, 0.05) is 36.8 Å². The Balaban J connectivity index is 0.932. The number of amides is 2. The number of imidazole rings is 1. The van der Waals surface area contributed by atoms with Crippen molar-refractivity contribution in [3.05, 3.63) is 34.8 Å². The van der Waals surface area contributed by atoms with E-state index in [9.17, 15) is 19.8 Å². The highest BCUT2D eigenvalue weighted by Crippen LogP contribution is 2.35. The molecule has 17 heteroatoms. The second-order valence-corrected chi connectivity index (χ2v) is 11.8. The number of nitrogen functional groups attached to an aromatic ring is 2. The van der Waals surface area contributed by atoms with E-state index in [1.54, 1.807) is 27.4 Å². The van der Waals surface area contributed by atoms with E-state index < -0.39 is 24.5 Å². The summed E-state index contributed by atoms with van der Waals surface area (Å²) in [6, 6.07) is -0.109. The van der Waals surface area contributed by atoms with Crippen molar-refractivity contribution in [2.24, 2.45) is 0 Å². The van der Waals surface area contributed by atoms with Gasteiger partial charge in [0.1, 0.15) is 29.7 Å². The number of anilines is 2. The molecule has 2 aliphatic rings. The highest BCUT2D eigenvalue weighted by atomic mass is 32.2. The van der Waals surface area contributed by atoms with E-state index in [0.717, 1.165) is 18.4 Å². The summed E-state index contributed by atoms with van der Waals surface area (Å²) in [4.78, 5) is 48.6. The van der Waals surface area contributed by atoms with Crippen molar-refractivity contribution >= 4 is 51.8 Å². The third-order valence-electron chi connectivity index (χ3n) is 7.76. The number of thioether (sulfide) groups is 1. The number of nitrogens with one attached hydrogen (secondary N) is 3. The van der Waals surface area contributed by atoms with Gasteiger partial charge in [-0.25, -0.2) is 19.7 Å². The van der Waals surface area contributed by atoms with Crippen LogP contribution in [0, 0.1) is 0 Å². The maximum Gasteiger partial charge on any atom is 0.317 e. The molecule has 42 heavy (non-hydrogen) atoms. The molecule has 2 fully saturated rings. The zero-order chi connectivity index (χ0) is 29.4. The first kappa shape index (κ1) is 28.2. The summed E-state index contributed by atoms with van der Waals surface area (Å²) in [7, 11) is 0. The number of fused-ring (bicyclic) bond motifs is 2. The SMILES string of the molecule is Nc1nc2[nH]cc(CCCNC(=O)N3CCC(SC[C@H]4O[C@@H](n5cnc6c(N)ncnc65)C(O)C4O)CC3)c2c(=O)[nH]1. The number of nitrogens with zero attached hydrogens (tertiary/aromatic N) is 6. The summed E-state index contributed by atoms with van der Waals surface area (Å²) < 4.78 is 7.61. The van der Waals surface area contributed by atoms with Gasteiger partial charge in [0.2, 0.25) is 5.95 Å². The Labute approximate surface area is 243 Å². The lowest BCUT2D eigenvalue weighted by Gasteiger charge is -2.32. The van der Waals surface area contributed by atoms with Crippen LogP contribution in [0.1, 0.15) is 31.1 Å². The van der Waals surface area contributed by atoms with Gasteiger partial charge in [-0.1, -0.05) is 0 Å². The summed E-state index contributed by atoms with van der Waals surface area (Å²) in [6.07, 6.45) is 3.80. The Morgan fingerprint density at radius 3 is 2.81 bits per heavy atom. The predicted octanol–water partition coefficient (Wildman–Crippen LogP) is -0.285. The standard InChI is InChI=1S/C25H33N11O5S/c26-19-16-21(31-10-30-19)36(11-32-16)23-18(38)17(37)14(41-23)9-42-13-3-6-35(7-4-13)25(40)28-5-1-2-12-8-29-20-15(12)22(39)34-24(27)33-20/h8,10-11,13-14,17-18,23,37-38H,1-7,9H2,(H,28,40)(H2,26,30,31)(H4,27,29,33,34,39)/t14-,17?,18?,23-/m1/s1. The smallest absolute Gasteiger partial charge is 0.317 e. The number of aliphatic hydroxyl groups excluding tert-OH is 2. The number of urea groups is 1. The number of ether oxygens (including phenoxy) is 1. The number of nitrogens with two attached hydrogens (primary N) is 2. The summed E-state index contributed by atoms with van der Waals surface area (Å²) in [5.41, 5.74) is 13.3. The topological polar surface area (TPSA) is 239 Å². The molecule has 9 N–H and O–H groups in total. The number of carbonyl (C=O) groups is 1. The molecule has 0 spiro atoms. The molecule has 2 unspecified atom stereocenters. The molecule has 0 saturated carbocycles. The van der Waals surface area contributed by atoms with Gasteiger partial charge >= 0.3 is 6.03 Å². The maximum absolute atomic E-state index is 12.7. The zero-order valence-electron chi connectivity index (χ0n) is 22.6. The molecule has 2 aliphatic heterocycles. The van der Waals surface area contributed by atoms with Gasteiger partial charge in [-0.2, -0.15) is 16.7 Å². The minimum Gasteiger partial charge on any atom is -0.387 e. The molecule has 4 aromatic rings. The lowest BCUT2D eigenvalue weighted by Crippen LogP contribution is -2.45. The molecule has 0 aliphatic carbocycles. The Morgan fingerprint density at radius 2 is 2.00 bits per heavy atom. The van der Waals surface area contributed by atoms with Crippen molar-refractivity contribution in [2.45, 2.75) is 55.5 Å². The van der Waals surface area contributed by atoms with E-state index in [1.165, 1.54) is 12.7 Å². The third-order valence-corrected chi connectivity index (χ3v) is 9.23. The van der Waals surface area contributed by atoms with Gasteiger partial charge in [0.15, 0.2) is 17.7 Å². The molecule has 0 aromatic carbocycles. The monoisotopic (exact) mass is 599 g/mol. The second-order valence-electron chi connectivity index (χ2n) is 10.5. The quantitative estimate of drug-likeness (QED) is 0.129. The fourth-order valence-electron chi connectivity index (χ4n) is 5.51. The molecule has 16 nitrogen and oxygen atoms in total. The Morgan fingerprint density at radius 1 is 1.19 bits per heavy atom. The Kier molecular flexibility index (Phi) is 7.89. The fraction of sp³-hybridized carbons (Fsp3) is 0.520. The van der Waals surface area contributed by atoms with Crippen LogP contribution in [0.25, 0.3) is 22.2 Å². The van der Waals surface area contributed by atoms with Gasteiger partial charge < -0.3 is 41.6 Å². The molecular formula is C25H33N11O5S. The lowest BCUT2D eigenvalue weighted by molar-refractivity contribution is -0.0289. The molecule has 4 aromatic heterocycles.